The maximum absolute atomic E-state index is 12.6. The molecule has 3 amide bonds. The van der Waals surface area contributed by atoms with E-state index in [1.165, 1.54) is 0 Å². The highest BCUT2D eigenvalue weighted by atomic mass is 79.9. The van der Waals surface area contributed by atoms with E-state index in [0.717, 1.165) is 5.56 Å². The molecule has 1 aromatic rings. The van der Waals surface area contributed by atoms with Crippen molar-refractivity contribution in [2.24, 2.45) is 15.9 Å². The summed E-state index contributed by atoms with van der Waals surface area (Å²) >= 11 is 6.93. The van der Waals surface area contributed by atoms with Gasteiger partial charge in [-0.3, -0.25) is 20.4 Å². The van der Waals surface area contributed by atoms with Crippen LogP contribution in [0.2, 0.25) is 0 Å². The van der Waals surface area contributed by atoms with E-state index in [1.54, 1.807) is 53.7 Å². The van der Waals surface area contributed by atoms with Crippen molar-refractivity contribution in [1.82, 2.24) is 16.0 Å². The van der Waals surface area contributed by atoms with Gasteiger partial charge in [0.25, 0.3) is 5.91 Å². The van der Waals surface area contributed by atoms with Crippen LogP contribution in [0.4, 0.5) is 9.59 Å². The van der Waals surface area contributed by atoms with Gasteiger partial charge >= 0.3 is 12.2 Å². The highest BCUT2D eigenvalue weighted by molar-refractivity contribution is 9.11. The molecule has 0 aliphatic rings. The van der Waals surface area contributed by atoms with E-state index in [4.69, 9.17) is 19.9 Å². The molecule has 0 fully saturated rings. The topological polar surface area (TPSA) is 186 Å². The minimum atomic E-state index is -0.784. The Labute approximate surface area is 263 Å². The van der Waals surface area contributed by atoms with Crippen LogP contribution in [0.5, 0.6) is 5.75 Å². The van der Waals surface area contributed by atoms with Crippen LogP contribution in [0.15, 0.2) is 31.2 Å². The van der Waals surface area contributed by atoms with Crippen molar-refractivity contribution in [3.63, 3.8) is 0 Å². The third-order valence-electron chi connectivity index (χ3n) is 4.79. The molecule has 0 radical (unpaired) electrons. The number of halogens is 2. The van der Waals surface area contributed by atoms with Gasteiger partial charge in [-0.25, -0.2) is 9.59 Å². The third kappa shape index (κ3) is 15.9. The SMILES string of the molecule is CC(C)(C)OC(=O)NC(=NCCCCNC(=O)/C(Cc1cc(Br)c(OCCCN)c(Br)c1)=N\O)NC(=O)OC(C)(C)C. The number of hydrogen-bond donors (Lipinski definition) is 5. The largest absolute Gasteiger partial charge is 0.491 e. The van der Waals surface area contributed by atoms with Gasteiger partial charge in [-0.05, 0) is 117 Å². The van der Waals surface area contributed by atoms with Crippen molar-refractivity contribution in [3.05, 3.63) is 26.6 Å². The van der Waals surface area contributed by atoms with Crippen LogP contribution in [-0.4, -0.2) is 72.4 Å². The molecule has 1 aromatic carbocycles. The van der Waals surface area contributed by atoms with Crippen molar-refractivity contribution in [2.45, 2.75) is 78.4 Å². The van der Waals surface area contributed by atoms with Gasteiger partial charge in [0.1, 0.15) is 22.7 Å². The fourth-order valence-corrected chi connectivity index (χ4v) is 4.62. The molecule has 0 aliphatic heterocycles. The van der Waals surface area contributed by atoms with E-state index >= 15 is 0 Å². The summed E-state index contributed by atoms with van der Waals surface area (Å²) in [6, 6.07) is 3.57. The Hall–Kier alpha value is -2.91. The number of carbonyl (C=O) groups is 3. The molecule has 236 valence electrons. The molecule has 0 spiro atoms. The number of nitrogens with zero attached hydrogens (tertiary/aromatic N) is 2. The number of alkyl carbamates (subject to hydrolysis) is 2. The molecule has 15 heteroatoms. The van der Waals surface area contributed by atoms with Crippen LogP contribution in [-0.2, 0) is 20.7 Å². The lowest BCUT2D eigenvalue weighted by Crippen LogP contribution is -2.47. The number of hydrogen-bond acceptors (Lipinski definition) is 10. The van der Waals surface area contributed by atoms with Gasteiger partial charge < -0.3 is 30.5 Å². The Bertz CT molecular complexity index is 1080. The Morgan fingerprint density at radius 3 is 1.95 bits per heavy atom. The summed E-state index contributed by atoms with van der Waals surface area (Å²) in [5.74, 6) is -0.0201. The molecule has 0 atom stereocenters. The van der Waals surface area contributed by atoms with Crippen LogP contribution in [0.1, 0.15) is 66.4 Å². The van der Waals surface area contributed by atoms with E-state index in [-0.39, 0.29) is 31.2 Å². The summed E-state index contributed by atoms with van der Waals surface area (Å²) in [5.41, 5.74) is 4.68. The van der Waals surface area contributed by atoms with Crippen LogP contribution in [0.3, 0.4) is 0 Å². The number of aliphatic imine (C=N–C) groups is 1. The second kappa shape index (κ2) is 17.9. The Morgan fingerprint density at radius 1 is 0.929 bits per heavy atom. The Kier molecular flexibility index (Phi) is 15.8. The van der Waals surface area contributed by atoms with E-state index in [1.807, 2.05) is 0 Å². The first-order valence-electron chi connectivity index (χ1n) is 13.4. The number of guanidine groups is 1. The number of carbonyl (C=O) groups excluding carboxylic acids is 3. The Morgan fingerprint density at radius 2 is 1.48 bits per heavy atom. The third-order valence-corrected chi connectivity index (χ3v) is 5.96. The fourth-order valence-electron chi connectivity index (χ4n) is 3.11. The van der Waals surface area contributed by atoms with Crippen molar-refractivity contribution >= 4 is 61.6 Å². The molecule has 42 heavy (non-hydrogen) atoms. The summed E-state index contributed by atoms with van der Waals surface area (Å²) in [7, 11) is 0. The summed E-state index contributed by atoms with van der Waals surface area (Å²) in [6.07, 6.45) is 0.255. The molecule has 0 saturated heterocycles. The molecular weight excluding hydrogens is 680 g/mol. The first-order valence-corrected chi connectivity index (χ1v) is 15.0. The molecule has 1 rings (SSSR count). The zero-order chi connectivity index (χ0) is 31.9. The monoisotopic (exact) mass is 720 g/mol. The zero-order valence-corrected chi connectivity index (χ0v) is 28.1. The summed E-state index contributed by atoms with van der Waals surface area (Å²) in [6.45, 7) is 11.7. The van der Waals surface area contributed by atoms with E-state index in [9.17, 15) is 19.6 Å². The number of unbranched alkanes of at least 4 members (excludes halogenated alkanes) is 1. The average molecular weight is 722 g/mol. The molecule has 0 heterocycles. The van der Waals surface area contributed by atoms with Gasteiger partial charge in [0.05, 0.1) is 15.6 Å². The minimum Gasteiger partial charge on any atom is -0.491 e. The maximum atomic E-state index is 12.6. The van der Waals surface area contributed by atoms with Gasteiger partial charge in [-0.15, -0.1) is 0 Å². The normalized spacial score (nSPS) is 11.8. The van der Waals surface area contributed by atoms with Gasteiger partial charge in [-0.2, -0.15) is 0 Å². The number of nitrogens with one attached hydrogen (secondary N) is 3. The maximum Gasteiger partial charge on any atom is 0.414 e. The quantitative estimate of drug-likeness (QED) is 0.0681. The van der Waals surface area contributed by atoms with Crippen molar-refractivity contribution in [1.29, 1.82) is 0 Å². The number of benzene rings is 1. The number of nitrogens with two attached hydrogens (primary N) is 1. The lowest BCUT2D eigenvalue weighted by atomic mass is 10.1. The summed E-state index contributed by atoms with van der Waals surface area (Å²) < 4.78 is 17.5. The minimum absolute atomic E-state index is 0.0611. The van der Waals surface area contributed by atoms with Crippen LogP contribution in [0.25, 0.3) is 0 Å². The van der Waals surface area contributed by atoms with Gasteiger partial charge in [0.2, 0.25) is 5.96 Å². The smallest absolute Gasteiger partial charge is 0.414 e. The predicted octanol–water partition coefficient (Wildman–Crippen LogP) is 4.61. The highest BCUT2D eigenvalue weighted by Gasteiger charge is 2.21. The second-order valence-corrected chi connectivity index (χ2v) is 12.8. The molecule has 0 bridgehead atoms. The first-order chi connectivity index (χ1) is 19.5. The van der Waals surface area contributed by atoms with Crippen molar-refractivity contribution in [2.75, 3.05) is 26.2 Å². The lowest BCUT2D eigenvalue weighted by molar-refractivity contribution is -0.115. The molecule has 13 nitrogen and oxygen atoms in total. The standard InChI is InChI=1S/C27H42Br2N6O7/c1-26(2,3)41-24(37)33-23(34-25(38)42-27(4,5)6)32-12-8-7-11-31-22(36)20(35-39)16-17-14-18(28)21(19(29)15-17)40-13-9-10-30/h14-15,39H,7-13,16,30H2,1-6H3,(H,31,36)(H2,32,33,34,37,38)/b35-20-. The van der Waals surface area contributed by atoms with Crippen LogP contribution < -0.4 is 26.4 Å². The van der Waals surface area contributed by atoms with Crippen molar-refractivity contribution < 1.29 is 33.8 Å². The van der Waals surface area contributed by atoms with Gasteiger partial charge in [-0.1, -0.05) is 5.16 Å². The summed E-state index contributed by atoms with van der Waals surface area (Å²) in [5, 5.41) is 20.2. The molecule has 0 aromatic heterocycles. The zero-order valence-electron chi connectivity index (χ0n) is 24.9. The fraction of sp³-hybridized carbons (Fsp3) is 0.593. The average Bonchev–Trinajstić information content (AvgIpc) is 2.83. The molecule has 0 aliphatic carbocycles. The molecular formula is C27H42Br2N6O7. The number of amides is 3. The second-order valence-electron chi connectivity index (χ2n) is 11.0. The van der Waals surface area contributed by atoms with Gasteiger partial charge in [0.15, 0.2) is 0 Å². The van der Waals surface area contributed by atoms with Crippen LogP contribution >= 0.6 is 31.9 Å². The van der Waals surface area contributed by atoms with Crippen LogP contribution in [0, 0.1) is 0 Å². The van der Waals surface area contributed by atoms with Gasteiger partial charge in [0, 0.05) is 19.5 Å². The van der Waals surface area contributed by atoms with Crippen molar-refractivity contribution in [3.8, 4) is 5.75 Å². The van der Waals surface area contributed by atoms with E-state index in [2.05, 4.69) is 58.0 Å². The number of rotatable bonds is 12. The lowest BCUT2D eigenvalue weighted by Gasteiger charge is -2.22. The van der Waals surface area contributed by atoms with E-state index in [0.29, 0.717) is 47.1 Å². The van der Waals surface area contributed by atoms with E-state index < -0.39 is 29.3 Å². The highest BCUT2D eigenvalue weighted by Crippen LogP contribution is 2.35. The predicted molar refractivity (Wildman–Crippen MR) is 167 cm³/mol. The molecule has 0 unspecified atom stereocenters. The number of oxime groups is 1. The molecule has 6 N–H and O–H groups in total. The molecule has 0 saturated carbocycles. The summed E-state index contributed by atoms with van der Waals surface area (Å²) in [4.78, 5) is 41.2. The first kappa shape index (κ1) is 37.1. The number of ether oxygens (including phenoxy) is 3. The Balaban J connectivity index is 2.66.